The SMILES string of the molecule is CCCCC(N)(CCCC)c1ccccc1O. The molecule has 1 rings (SSSR count). The molecule has 0 radical (unpaired) electrons. The molecule has 2 nitrogen and oxygen atoms in total. The lowest BCUT2D eigenvalue weighted by Gasteiger charge is -2.31. The zero-order valence-corrected chi connectivity index (χ0v) is 11.1. The summed E-state index contributed by atoms with van der Waals surface area (Å²) in [7, 11) is 0. The van der Waals surface area contributed by atoms with Gasteiger partial charge < -0.3 is 10.8 Å². The Morgan fingerprint density at radius 1 is 1.06 bits per heavy atom. The van der Waals surface area contributed by atoms with E-state index in [0.717, 1.165) is 44.1 Å². The summed E-state index contributed by atoms with van der Waals surface area (Å²) in [6, 6.07) is 7.49. The maximum absolute atomic E-state index is 9.96. The summed E-state index contributed by atoms with van der Waals surface area (Å²) in [5.41, 5.74) is 7.07. The Kier molecular flexibility index (Phi) is 5.49. The molecule has 0 saturated carbocycles. The highest BCUT2D eigenvalue weighted by Gasteiger charge is 2.28. The van der Waals surface area contributed by atoms with Crippen molar-refractivity contribution in [2.75, 3.05) is 0 Å². The van der Waals surface area contributed by atoms with Crippen molar-refractivity contribution in [1.82, 2.24) is 0 Å². The van der Waals surface area contributed by atoms with Gasteiger partial charge in [0.15, 0.2) is 0 Å². The van der Waals surface area contributed by atoms with E-state index in [0.29, 0.717) is 5.75 Å². The Bertz CT molecular complexity index is 327. The van der Waals surface area contributed by atoms with E-state index >= 15 is 0 Å². The molecule has 2 heteroatoms. The first-order chi connectivity index (χ1) is 8.14. The molecule has 0 spiro atoms. The minimum Gasteiger partial charge on any atom is -0.508 e. The van der Waals surface area contributed by atoms with E-state index in [2.05, 4.69) is 13.8 Å². The second-order valence-electron chi connectivity index (χ2n) is 4.88. The standard InChI is InChI=1S/C15H25NO/c1-3-5-11-15(16,12-6-4-2)13-9-7-8-10-14(13)17/h7-10,17H,3-6,11-12,16H2,1-2H3. The highest BCUT2D eigenvalue weighted by molar-refractivity contribution is 5.37. The third kappa shape index (κ3) is 3.74. The molecule has 0 aliphatic rings. The molecule has 0 atom stereocenters. The summed E-state index contributed by atoms with van der Waals surface area (Å²) in [6.07, 6.45) is 6.38. The molecule has 0 unspecified atom stereocenters. The number of para-hydroxylation sites is 1. The molecule has 1 aromatic rings. The van der Waals surface area contributed by atoms with Crippen LogP contribution in [-0.2, 0) is 5.54 Å². The summed E-state index contributed by atoms with van der Waals surface area (Å²) in [6.45, 7) is 4.34. The van der Waals surface area contributed by atoms with Crippen molar-refractivity contribution >= 4 is 0 Å². The lowest BCUT2D eigenvalue weighted by atomic mass is 9.81. The first-order valence-corrected chi connectivity index (χ1v) is 6.71. The van der Waals surface area contributed by atoms with Crippen molar-refractivity contribution in [2.45, 2.75) is 57.9 Å². The number of rotatable bonds is 7. The molecule has 0 fully saturated rings. The summed E-state index contributed by atoms with van der Waals surface area (Å²) in [5, 5.41) is 9.96. The Labute approximate surface area is 105 Å². The number of benzene rings is 1. The van der Waals surface area contributed by atoms with Gasteiger partial charge in [0.2, 0.25) is 0 Å². The molecule has 96 valence electrons. The van der Waals surface area contributed by atoms with Gasteiger partial charge in [-0.3, -0.25) is 0 Å². The van der Waals surface area contributed by atoms with Gasteiger partial charge in [0.05, 0.1) is 0 Å². The van der Waals surface area contributed by atoms with Crippen LogP contribution < -0.4 is 5.73 Å². The maximum atomic E-state index is 9.96. The molecule has 0 aromatic heterocycles. The van der Waals surface area contributed by atoms with Crippen LogP contribution in [0.15, 0.2) is 24.3 Å². The molecule has 3 N–H and O–H groups in total. The number of phenols is 1. The smallest absolute Gasteiger partial charge is 0.120 e. The average Bonchev–Trinajstić information content (AvgIpc) is 2.34. The van der Waals surface area contributed by atoms with Gasteiger partial charge in [-0.1, -0.05) is 57.7 Å². The van der Waals surface area contributed by atoms with Crippen LogP contribution in [0, 0.1) is 0 Å². The number of nitrogens with two attached hydrogens (primary N) is 1. The van der Waals surface area contributed by atoms with Gasteiger partial charge in [-0.2, -0.15) is 0 Å². The quantitative estimate of drug-likeness (QED) is 0.752. The van der Waals surface area contributed by atoms with E-state index in [1.165, 1.54) is 0 Å². The third-order valence-electron chi connectivity index (χ3n) is 3.39. The predicted molar refractivity (Wildman–Crippen MR) is 73.0 cm³/mol. The predicted octanol–water partition coefficient (Wildman–Crippen LogP) is 3.93. The molecule has 1 aromatic carbocycles. The fourth-order valence-corrected chi connectivity index (χ4v) is 2.27. The minimum absolute atomic E-state index is 0.335. The van der Waals surface area contributed by atoms with Crippen LogP contribution in [-0.4, -0.2) is 5.11 Å². The van der Waals surface area contributed by atoms with Crippen molar-refractivity contribution in [1.29, 1.82) is 0 Å². The molecule has 0 aliphatic carbocycles. The van der Waals surface area contributed by atoms with Gasteiger partial charge >= 0.3 is 0 Å². The average molecular weight is 235 g/mol. The van der Waals surface area contributed by atoms with E-state index in [-0.39, 0.29) is 5.54 Å². The summed E-state index contributed by atoms with van der Waals surface area (Å²) in [4.78, 5) is 0. The van der Waals surface area contributed by atoms with Crippen LogP contribution in [0.2, 0.25) is 0 Å². The van der Waals surface area contributed by atoms with Crippen LogP contribution in [0.3, 0.4) is 0 Å². The number of unbranched alkanes of at least 4 members (excludes halogenated alkanes) is 2. The molecule has 0 amide bonds. The Hall–Kier alpha value is -1.02. The molecular formula is C15H25NO. The Morgan fingerprint density at radius 2 is 1.59 bits per heavy atom. The number of hydrogen-bond donors (Lipinski definition) is 2. The number of hydrogen-bond acceptors (Lipinski definition) is 2. The van der Waals surface area contributed by atoms with Gasteiger partial charge in [0.1, 0.15) is 5.75 Å². The molecular weight excluding hydrogens is 210 g/mol. The van der Waals surface area contributed by atoms with E-state index in [1.807, 2.05) is 18.2 Å². The molecule has 0 bridgehead atoms. The van der Waals surface area contributed by atoms with E-state index in [1.54, 1.807) is 6.07 Å². The van der Waals surface area contributed by atoms with Gasteiger partial charge in [-0.25, -0.2) is 0 Å². The third-order valence-corrected chi connectivity index (χ3v) is 3.39. The highest BCUT2D eigenvalue weighted by Crippen LogP contribution is 2.35. The zero-order chi connectivity index (χ0) is 12.7. The second kappa shape index (κ2) is 6.65. The van der Waals surface area contributed by atoms with Gasteiger partial charge in [-0.05, 0) is 18.9 Å². The van der Waals surface area contributed by atoms with Crippen molar-refractivity contribution in [3.63, 3.8) is 0 Å². The van der Waals surface area contributed by atoms with Crippen LogP contribution in [0.4, 0.5) is 0 Å². The van der Waals surface area contributed by atoms with Crippen molar-refractivity contribution in [3.8, 4) is 5.75 Å². The molecule has 17 heavy (non-hydrogen) atoms. The number of aromatic hydroxyl groups is 1. The minimum atomic E-state index is -0.364. The van der Waals surface area contributed by atoms with Crippen molar-refractivity contribution in [3.05, 3.63) is 29.8 Å². The Balaban J connectivity index is 2.92. The van der Waals surface area contributed by atoms with Crippen LogP contribution in [0.5, 0.6) is 5.75 Å². The summed E-state index contributed by atoms with van der Waals surface area (Å²) < 4.78 is 0. The highest BCUT2D eigenvalue weighted by atomic mass is 16.3. The van der Waals surface area contributed by atoms with Crippen LogP contribution in [0.25, 0.3) is 0 Å². The topological polar surface area (TPSA) is 46.2 Å². The normalized spacial score (nSPS) is 11.7. The number of phenolic OH excluding ortho intramolecular Hbond substituents is 1. The monoisotopic (exact) mass is 235 g/mol. The lowest BCUT2D eigenvalue weighted by molar-refractivity contribution is 0.337. The first kappa shape index (κ1) is 14.0. The summed E-state index contributed by atoms with van der Waals surface area (Å²) in [5.74, 6) is 0.335. The molecule has 0 saturated heterocycles. The fraction of sp³-hybridized carbons (Fsp3) is 0.600. The van der Waals surface area contributed by atoms with Gasteiger partial charge in [0, 0.05) is 11.1 Å². The maximum Gasteiger partial charge on any atom is 0.120 e. The van der Waals surface area contributed by atoms with E-state index in [9.17, 15) is 5.11 Å². The van der Waals surface area contributed by atoms with Crippen LogP contribution in [0.1, 0.15) is 57.9 Å². The fourth-order valence-electron chi connectivity index (χ4n) is 2.27. The van der Waals surface area contributed by atoms with E-state index in [4.69, 9.17) is 5.73 Å². The van der Waals surface area contributed by atoms with Gasteiger partial charge in [-0.15, -0.1) is 0 Å². The summed E-state index contributed by atoms with van der Waals surface area (Å²) >= 11 is 0. The van der Waals surface area contributed by atoms with E-state index < -0.39 is 0 Å². The van der Waals surface area contributed by atoms with Crippen molar-refractivity contribution in [2.24, 2.45) is 5.73 Å². The zero-order valence-electron chi connectivity index (χ0n) is 11.1. The molecule has 0 aliphatic heterocycles. The molecule has 0 heterocycles. The Morgan fingerprint density at radius 3 is 2.06 bits per heavy atom. The van der Waals surface area contributed by atoms with Gasteiger partial charge in [0.25, 0.3) is 0 Å². The largest absolute Gasteiger partial charge is 0.508 e. The van der Waals surface area contributed by atoms with Crippen molar-refractivity contribution < 1.29 is 5.11 Å². The van der Waals surface area contributed by atoms with Crippen LogP contribution >= 0.6 is 0 Å². The lowest BCUT2D eigenvalue weighted by Crippen LogP contribution is -2.36. The second-order valence-corrected chi connectivity index (χ2v) is 4.88. The first-order valence-electron chi connectivity index (χ1n) is 6.71.